The first kappa shape index (κ1) is 12.7. The lowest BCUT2D eigenvalue weighted by molar-refractivity contribution is -0.139. The molecule has 0 aromatic heterocycles. The van der Waals surface area contributed by atoms with E-state index in [0.717, 1.165) is 10.5 Å². The van der Waals surface area contributed by atoms with Crippen LogP contribution in [0.4, 0.5) is 4.79 Å². The number of aryl methyl sites for hydroxylation is 1. The zero-order valence-corrected chi connectivity index (χ0v) is 10.3. The Morgan fingerprint density at radius 3 is 2.72 bits per heavy atom. The highest BCUT2D eigenvalue weighted by Gasteiger charge is 2.37. The van der Waals surface area contributed by atoms with Crippen LogP contribution >= 0.6 is 11.6 Å². The molecule has 1 fully saturated rings. The number of rotatable bonds is 3. The van der Waals surface area contributed by atoms with E-state index in [-0.39, 0.29) is 6.73 Å². The number of carboxylic acid groups (broad SMARTS) is 1. The van der Waals surface area contributed by atoms with Gasteiger partial charge in [0.15, 0.2) is 6.73 Å². The monoisotopic (exact) mass is 269 g/mol. The van der Waals surface area contributed by atoms with Crippen molar-refractivity contribution < 1.29 is 19.4 Å². The molecule has 0 bridgehead atoms. The van der Waals surface area contributed by atoms with Crippen LogP contribution in [0, 0.1) is 0 Å². The molecule has 5 nitrogen and oxygen atoms in total. The molecule has 18 heavy (non-hydrogen) atoms. The maximum Gasteiger partial charge on any atom is 0.410 e. The molecule has 1 unspecified atom stereocenters. The van der Waals surface area contributed by atoms with Gasteiger partial charge < -0.3 is 9.84 Å². The van der Waals surface area contributed by atoms with Gasteiger partial charge in [-0.2, -0.15) is 0 Å². The Bertz CT molecular complexity index is 460. The first-order chi connectivity index (χ1) is 8.58. The van der Waals surface area contributed by atoms with E-state index in [0.29, 0.717) is 17.9 Å². The molecule has 1 aliphatic rings. The fourth-order valence-corrected chi connectivity index (χ4v) is 1.99. The lowest BCUT2D eigenvalue weighted by Crippen LogP contribution is -2.37. The quantitative estimate of drug-likeness (QED) is 0.854. The van der Waals surface area contributed by atoms with E-state index in [9.17, 15) is 9.59 Å². The van der Waals surface area contributed by atoms with Gasteiger partial charge >= 0.3 is 12.1 Å². The number of halogens is 1. The smallest absolute Gasteiger partial charge is 0.410 e. The highest BCUT2D eigenvalue weighted by Crippen LogP contribution is 2.18. The summed E-state index contributed by atoms with van der Waals surface area (Å²) in [5.74, 6) is -0.480. The Morgan fingerprint density at radius 2 is 2.11 bits per heavy atom. The minimum Gasteiger partial charge on any atom is -0.465 e. The first-order valence-electron chi connectivity index (χ1n) is 5.48. The van der Waals surface area contributed by atoms with Crippen LogP contribution in [0.3, 0.4) is 0 Å². The van der Waals surface area contributed by atoms with Crippen molar-refractivity contribution in [3.05, 3.63) is 34.9 Å². The molecule has 1 aromatic rings. The maximum atomic E-state index is 11.4. The van der Waals surface area contributed by atoms with Crippen LogP contribution < -0.4 is 0 Å². The molecule has 1 atom stereocenters. The SMILES string of the molecule is O=C1OCN(C(=O)O)C1CCc1ccc(Cl)cc1. The number of carbonyl (C=O) groups is 2. The lowest BCUT2D eigenvalue weighted by atomic mass is 10.1. The van der Waals surface area contributed by atoms with Crippen molar-refractivity contribution in [2.75, 3.05) is 6.73 Å². The van der Waals surface area contributed by atoms with Gasteiger partial charge in [0, 0.05) is 5.02 Å². The molecular weight excluding hydrogens is 258 g/mol. The van der Waals surface area contributed by atoms with Crippen LogP contribution in [-0.2, 0) is 16.0 Å². The van der Waals surface area contributed by atoms with Crippen molar-refractivity contribution in [1.82, 2.24) is 4.90 Å². The second kappa shape index (κ2) is 5.27. The van der Waals surface area contributed by atoms with Crippen molar-refractivity contribution in [3.8, 4) is 0 Å². The molecule has 0 spiro atoms. The Kier molecular flexibility index (Phi) is 3.72. The van der Waals surface area contributed by atoms with E-state index in [1.165, 1.54) is 0 Å². The van der Waals surface area contributed by atoms with E-state index in [2.05, 4.69) is 0 Å². The molecule has 0 saturated carbocycles. The van der Waals surface area contributed by atoms with Crippen molar-refractivity contribution in [1.29, 1.82) is 0 Å². The van der Waals surface area contributed by atoms with E-state index >= 15 is 0 Å². The fraction of sp³-hybridized carbons (Fsp3) is 0.333. The third-order valence-corrected chi connectivity index (χ3v) is 3.11. The number of hydrogen-bond acceptors (Lipinski definition) is 3. The fourth-order valence-electron chi connectivity index (χ4n) is 1.86. The maximum absolute atomic E-state index is 11.4. The molecule has 1 N–H and O–H groups in total. The molecular formula is C12H12ClNO4. The topological polar surface area (TPSA) is 66.8 Å². The summed E-state index contributed by atoms with van der Waals surface area (Å²) in [6, 6.07) is 6.53. The normalized spacial score (nSPS) is 18.8. The number of esters is 1. The Labute approximate surface area is 109 Å². The minimum absolute atomic E-state index is 0.181. The van der Waals surface area contributed by atoms with Gasteiger partial charge in [-0.1, -0.05) is 23.7 Å². The Hall–Kier alpha value is -1.75. The third kappa shape index (κ3) is 2.73. The number of carbonyl (C=O) groups excluding carboxylic acids is 1. The molecule has 1 saturated heterocycles. The zero-order valence-electron chi connectivity index (χ0n) is 9.51. The number of ether oxygens (including phenoxy) is 1. The van der Waals surface area contributed by atoms with Crippen LogP contribution in [0.2, 0.25) is 5.02 Å². The molecule has 0 radical (unpaired) electrons. The van der Waals surface area contributed by atoms with Gasteiger partial charge in [-0.25, -0.2) is 9.59 Å². The van der Waals surface area contributed by atoms with Crippen LogP contribution in [0.1, 0.15) is 12.0 Å². The van der Waals surface area contributed by atoms with E-state index in [4.69, 9.17) is 21.4 Å². The standard InChI is InChI=1S/C12H12ClNO4/c13-9-4-1-8(2-5-9)3-6-10-11(15)18-7-14(10)12(16)17/h1-2,4-5,10H,3,6-7H2,(H,16,17). The molecule has 1 amide bonds. The molecule has 96 valence electrons. The van der Waals surface area contributed by atoms with Gasteiger partial charge in [0.1, 0.15) is 6.04 Å². The van der Waals surface area contributed by atoms with E-state index in [1.807, 2.05) is 12.1 Å². The summed E-state index contributed by atoms with van der Waals surface area (Å²) in [5.41, 5.74) is 1.00. The summed E-state index contributed by atoms with van der Waals surface area (Å²) in [6.07, 6.45) is -0.130. The van der Waals surface area contributed by atoms with Crippen molar-refractivity contribution in [3.63, 3.8) is 0 Å². The first-order valence-corrected chi connectivity index (χ1v) is 5.86. The Balaban J connectivity index is 1.98. The summed E-state index contributed by atoms with van der Waals surface area (Å²) < 4.78 is 4.73. The van der Waals surface area contributed by atoms with E-state index < -0.39 is 18.1 Å². The van der Waals surface area contributed by atoms with Gasteiger partial charge in [-0.3, -0.25) is 4.90 Å². The van der Waals surface area contributed by atoms with Crippen molar-refractivity contribution in [2.24, 2.45) is 0 Å². The average molecular weight is 270 g/mol. The van der Waals surface area contributed by atoms with Gasteiger partial charge in [-0.05, 0) is 30.5 Å². The Morgan fingerprint density at radius 1 is 1.44 bits per heavy atom. The molecule has 0 aliphatic carbocycles. The van der Waals surface area contributed by atoms with Gasteiger partial charge in [0.2, 0.25) is 0 Å². The van der Waals surface area contributed by atoms with Crippen LogP contribution in [0.25, 0.3) is 0 Å². The molecule has 2 rings (SSSR count). The van der Waals surface area contributed by atoms with Crippen LogP contribution in [-0.4, -0.2) is 34.8 Å². The molecule has 1 heterocycles. The third-order valence-electron chi connectivity index (χ3n) is 2.86. The summed E-state index contributed by atoms with van der Waals surface area (Å²) in [7, 11) is 0. The number of cyclic esters (lactones) is 1. The van der Waals surface area contributed by atoms with Crippen molar-refractivity contribution >= 4 is 23.7 Å². The summed E-state index contributed by atoms with van der Waals surface area (Å²) in [4.78, 5) is 23.3. The lowest BCUT2D eigenvalue weighted by Gasteiger charge is -2.16. The molecule has 6 heteroatoms. The number of benzene rings is 1. The predicted octanol–water partition coefficient (Wildman–Crippen LogP) is 2.14. The number of nitrogens with zero attached hydrogens (tertiary/aromatic N) is 1. The predicted molar refractivity (Wildman–Crippen MR) is 64.4 cm³/mol. The second-order valence-corrected chi connectivity index (χ2v) is 4.46. The highest BCUT2D eigenvalue weighted by molar-refractivity contribution is 6.30. The number of hydrogen-bond donors (Lipinski definition) is 1. The summed E-state index contributed by atoms with van der Waals surface area (Å²) in [5, 5.41) is 9.56. The zero-order chi connectivity index (χ0) is 13.1. The average Bonchev–Trinajstić information content (AvgIpc) is 2.70. The van der Waals surface area contributed by atoms with E-state index in [1.54, 1.807) is 12.1 Å². The second-order valence-electron chi connectivity index (χ2n) is 4.03. The summed E-state index contributed by atoms with van der Waals surface area (Å²) in [6.45, 7) is -0.181. The summed E-state index contributed by atoms with van der Waals surface area (Å²) >= 11 is 5.77. The van der Waals surface area contributed by atoms with Gasteiger partial charge in [0.05, 0.1) is 0 Å². The van der Waals surface area contributed by atoms with Crippen molar-refractivity contribution in [2.45, 2.75) is 18.9 Å². The van der Waals surface area contributed by atoms with Crippen LogP contribution in [0.5, 0.6) is 0 Å². The minimum atomic E-state index is -1.14. The van der Waals surface area contributed by atoms with Gasteiger partial charge in [0.25, 0.3) is 0 Å². The molecule has 1 aliphatic heterocycles. The molecule has 1 aromatic carbocycles. The highest BCUT2D eigenvalue weighted by atomic mass is 35.5. The van der Waals surface area contributed by atoms with Crippen LogP contribution in [0.15, 0.2) is 24.3 Å². The largest absolute Gasteiger partial charge is 0.465 e. The number of amides is 1. The van der Waals surface area contributed by atoms with Gasteiger partial charge in [-0.15, -0.1) is 0 Å².